The smallest absolute Gasteiger partial charge is 0.0605 e. The van der Waals surface area contributed by atoms with Gasteiger partial charge in [-0.05, 0) is 25.3 Å². The summed E-state index contributed by atoms with van der Waals surface area (Å²) in [7, 11) is 0. The first-order valence-electron chi connectivity index (χ1n) is 6.73. The van der Waals surface area contributed by atoms with E-state index in [1.54, 1.807) is 0 Å². The summed E-state index contributed by atoms with van der Waals surface area (Å²) < 4.78 is 5.69. The molecule has 18 heavy (non-hydrogen) atoms. The first-order chi connectivity index (χ1) is 8.78. The van der Waals surface area contributed by atoms with Crippen molar-refractivity contribution < 1.29 is 4.74 Å². The van der Waals surface area contributed by atoms with Crippen LogP contribution in [0, 0.1) is 6.92 Å². The number of benzene rings is 1. The third kappa shape index (κ3) is 4.27. The Morgan fingerprint density at radius 1 is 1.33 bits per heavy atom. The molecule has 1 saturated heterocycles. The maximum atomic E-state index is 5.69. The second-order valence-electron chi connectivity index (χ2n) is 5.02. The number of hydrogen-bond donors (Lipinski definition) is 0. The van der Waals surface area contributed by atoms with Crippen molar-refractivity contribution in [1.29, 1.82) is 0 Å². The van der Waals surface area contributed by atoms with E-state index in [9.17, 15) is 0 Å². The van der Waals surface area contributed by atoms with Crippen molar-refractivity contribution in [3.8, 4) is 0 Å². The topological polar surface area (TPSA) is 12.5 Å². The Bertz CT molecular complexity index is 361. The van der Waals surface area contributed by atoms with Crippen LogP contribution in [0.25, 0.3) is 0 Å². The van der Waals surface area contributed by atoms with Gasteiger partial charge in [0.15, 0.2) is 0 Å². The van der Waals surface area contributed by atoms with E-state index < -0.39 is 0 Å². The number of alkyl halides is 1. The van der Waals surface area contributed by atoms with E-state index in [0.717, 1.165) is 32.5 Å². The summed E-state index contributed by atoms with van der Waals surface area (Å²) in [6.45, 7) is 6.14. The molecule has 0 atom stereocenters. The summed E-state index contributed by atoms with van der Waals surface area (Å²) in [5.74, 6) is 0.601. The van der Waals surface area contributed by atoms with E-state index in [1.807, 2.05) is 0 Å². The van der Waals surface area contributed by atoms with Gasteiger partial charge in [-0.3, -0.25) is 4.90 Å². The van der Waals surface area contributed by atoms with Gasteiger partial charge in [0.05, 0.1) is 12.7 Å². The molecular formula is C15H22ClNO. The molecule has 1 heterocycles. The molecule has 1 aromatic carbocycles. The predicted octanol–water partition coefficient (Wildman–Crippen LogP) is 3.21. The van der Waals surface area contributed by atoms with Crippen LogP contribution in [0.2, 0.25) is 0 Å². The Hall–Kier alpha value is -0.570. The van der Waals surface area contributed by atoms with Crippen molar-refractivity contribution in [2.75, 3.05) is 25.6 Å². The summed E-state index contributed by atoms with van der Waals surface area (Å²) in [5, 5.41) is 0. The van der Waals surface area contributed by atoms with Crippen LogP contribution < -0.4 is 0 Å². The molecule has 0 unspecified atom stereocenters. The van der Waals surface area contributed by atoms with Gasteiger partial charge in [-0.2, -0.15) is 0 Å². The lowest BCUT2D eigenvalue weighted by Gasteiger charge is -2.31. The Balaban J connectivity index is 1.76. The maximum Gasteiger partial charge on any atom is 0.0605 e. The third-order valence-electron chi connectivity index (χ3n) is 3.45. The van der Waals surface area contributed by atoms with Crippen molar-refractivity contribution in [2.45, 2.75) is 32.4 Å². The molecule has 0 saturated carbocycles. The van der Waals surface area contributed by atoms with E-state index in [1.165, 1.54) is 11.1 Å². The second kappa shape index (κ2) is 7.13. The maximum absolute atomic E-state index is 5.69. The zero-order chi connectivity index (χ0) is 12.8. The Morgan fingerprint density at radius 3 is 2.78 bits per heavy atom. The first-order valence-corrected chi connectivity index (χ1v) is 7.27. The molecule has 2 rings (SSSR count). The van der Waals surface area contributed by atoms with Crippen LogP contribution in [0.3, 0.4) is 0 Å². The molecule has 0 amide bonds. The zero-order valence-corrected chi connectivity index (χ0v) is 11.8. The molecule has 0 spiro atoms. The van der Waals surface area contributed by atoms with Crippen LogP contribution in [0.1, 0.15) is 24.0 Å². The standard InChI is InChI=1S/C15H22ClNO/c1-13-3-2-4-14(11-13)12-17-8-5-15(6-9-17)18-10-7-16/h2-4,11,15H,5-10,12H2,1H3. The number of nitrogens with zero attached hydrogens (tertiary/aromatic N) is 1. The molecule has 0 aromatic heterocycles. The molecule has 100 valence electrons. The number of ether oxygens (including phenoxy) is 1. The summed E-state index contributed by atoms with van der Waals surface area (Å²) in [4.78, 5) is 2.51. The monoisotopic (exact) mass is 267 g/mol. The van der Waals surface area contributed by atoms with E-state index in [0.29, 0.717) is 18.6 Å². The van der Waals surface area contributed by atoms with Gasteiger partial charge >= 0.3 is 0 Å². The summed E-state index contributed by atoms with van der Waals surface area (Å²) in [6.07, 6.45) is 2.67. The minimum atomic E-state index is 0.414. The van der Waals surface area contributed by atoms with E-state index in [4.69, 9.17) is 16.3 Å². The van der Waals surface area contributed by atoms with Crippen LogP contribution in [-0.2, 0) is 11.3 Å². The Kier molecular flexibility index (Phi) is 5.48. The number of rotatable bonds is 5. The molecule has 1 aliphatic heterocycles. The lowest BCUT2D eigenvalue weighted by Crippen LogP contribution is -2.36. The van der Waals surface area contributed by atoms with Crippen molar-refractivity contribution in [1.82, 2.24) is 4.90 Å². The molecule has 1 aliphatic rings. The molecule has 1 fully saturated rings. The molecule has 0 radical (unpaired) electrons. The van der Waals surface area contributed by atoms with Crippen LogP contribution in [0.4, 0.5) is 0 Å². The largest absolute Gasteiger partial charge is 0.377 e. The van der Waals surface area contributed by atoms with Gasteiger partial charge in [-0.25, -0.2) is 0 Å². The summed E-state index contributed by atoms with van der Waals surface area (Å²) >= 11 is 5.64. The molecule has 0 bridgehead atoms. The highest BCUT2D eigenvalue weighted by Crippen LogP contribution is 2.16. The van der Waals surface area contributed by atoms with E-state index >= 15 is 0 Å². The normalized spacial score (nSPS) is 18.1. The van der Waals surface area contributed by atoms with E-state index in [-0.39, 0.29) is 0 Å². The van der Waals surface area contributed by atoms with Crippen LogP contribution in [0.15, 0.2) is 24.3 Å². The average Bonchev–Trinajstić information content (AvgIpc) is 2.38. The SMILES string of the molecule is Cc1cccc(CN2CCC(OCCCl)CC2)c1. The van der Waals surface area contributed by atoms with Crippen LogP contribution in [0.5, 0.6) is 0 Å². The Labute approximate surface area is 115 Å². The van der Waals surface area contributed by atoms with Gasteiger partial charge in [0, 0.05) is 25.5 Å². The number of hydrogen-bond acceptors (Lipinski definition) is 2. The number of piperidine rings is 1. The molecular weight excluding hydrogens is 246 g/mol. The van der Waals surface area contributed by atoms with Gasteiger partial charge in [0.2, 0.25) is 0 Å². The minimum Gasteiger partial charge on any atom is -0.377 e. The fraction of sp³-hybridized carbons (Fsp3) is 0.600. The van der Waals surface area contributed by atoms with Gasteiger partial charge in [0.25, 0.3) is 0 Å². The third-order valence-corrected chi connectivity index (χ3v) is 3.61. The average molecular weight is 268 g/mol. The number of halogens is 1. The van der Waals surface area contributed by atoms with Crippen molar-refractivity contribution in [2.24, 2.45) is 0 Å². The van der Waals surface area contributed by atoms with Gasteiger partial charge in [-0.15, -0.1) is 11.6 Å². The fourth-order valence-corrected chi connectivity index (χ4v) is 2.60. The number of likely N-dealkylation sites (tertiary alicyclic amines) is 1. The van der Waals surface area contributed by atoms with Crippen molar-refractivity contribution in [3.63, 3.8) is 0 Å². The predicted molar refractivity (Wildman–Crippen MR) is 76.2 cm³/mol. The molecule has 0 aliphatic carbocycles. The van der Waals surface area contributed by atoms with E-state index in [2.05, 4.69) is 36.1 Å². The Morgan fingerprint density at radius 2 is 2.11 bits per heavy atom. The fourth-order valence-electron chi connectivity index (χ4n) is 2.51. The minimum absolute atomic E-state index is 0.414. The van der Waals surface area contributed by atoms with Gasteiger partial charge in [-0.1, -0.05) is 29.8 Å². The van der Waals surface area contributed by atoms with Crippen LogP contribution in [-0.4, -0.2) is 36.6 Å². The summed E-state index contributed by atoms with van der Waals surface area (Å²) in [6, 6.07) is 8.77. The quantitative estimate of drug-likeness (QED) is 0.760. The zero-order valence-electron chi connectivity index (χ0n) is 11.1. The number of aryl methyl sites for hydroxylation is 1. The highest BCUT2D eigenvalue weighted by Gasteiger charge is 2.19. The van der Waals surface area contributed by atoms with Crippen molar-refractivity contribution in [3.05, 3.63) is 35.4 Å². The second-order valence-corrected chi connectivity index (χ2v) is 5.40. The van der Waals surface area contributed by atoms with Gasteiger partial charge < -0.3 is 4.74 Å². The van der Waals surface area contributed by atoms with Crippen LogP contribution >= 0.6 is 11.6 Å². The van der Waals surface area contributed by atoms with Crippen molar-refractivity contribution >= 4 is 11.6 Å². The highest BCUT2D eigenvalue weighted by atomic mass is 35.5. The highest BCUT2D eigenvalue weighted by molar-refractivity contribution is 6.17. The first kappa shape index (κ1) is 13.9. The molecule has 2 nitrogen and oxygen atoms in total. The lowest BCUT2D eigenvalue weighted by atomic mass is 10.1. The lowest BCUT2D eigenvalue weighted by molar-refractivity contribution is 0.0134. The molecule has 3 heteroatoms. The van der Waals surface area contributed by atoms with Gasteiger partial charge in [0.1, 0.15) is 0 Å². The molecule has 0 N–H and O–H groups in total. The summed E-state index contributed by atoms with van der Waals surface area (Å²) in [5.41, 5.74) is 2.75. The molecule has 1 aromatic rings.